The molecule has 0 fully saturated rings. The van der Waals surface area contributed by atoms with Gasteiger partial charge in [-0.3, -0.25) is 0 Å². The van der Waals surface area contributed by atoms with Crippen molar-refractivity contribution in [3.8, 4) is 5.88 Å². The van der Waals surface area contributed by atoms with Crippen molar-refractivity contribution in [1.29, 1.82) is 0 Å². The van der Waals surface area contributed by atoms with Gasteiger partial charge in [0, 0.05) is 24.3 Å². The average molecular weight is 295 g/mol. The number of methoxy groups -OCH3 is 1. The molecular formula is C14H19ClN4O. The first-order chi connectivity index (χ1) is 9.56. The van der Waals surface area contributed by atoms with Gasteiger partial charge in [0.15, 0.2) is 0 Å². The van der Waals surface area contributed by atoms with E-state index in [4.69, 9.17) is 22.1 Å². The van der Waals surface area contributed by atoms with Gasteiger partial charge in [0.1, 0.15) is 0 Å². The zero-order valence-electron chi connectivity index (χ0n) is 11.9. The Morgan fingerprint density at radius 3 is 2.60 bits per heavy atom. The fraction of sp³-hybridized carbons (Fsp3) is 0.357. The molecule has 6 heteroatoms. The second-order valence-electron chi connectivity index (χ2n) is 4.57. The minimum absolute atomic E-state index is 0.0696. The number of anilines is 1. The summed E-state index contributed by atoms with van der Waals surface area (Å²) in [6, 6.07) is 7.45. The molecule has 0 aliphatic rings. The Morgan fingerprint density at radius 1 is 1.40 bits per heavy atom. The summed E-state index contributed by atoms with van der Waals surface area (Å²) in [6.07, 6.45) is 0. The lowest BCUT2D eigenvalue weighted by atomic mass is 10.1. The number of aryl methyl sites for hydroxylation is 2. The second kappa shape index (κ2) is 6.15. The Kier molecular flexibility index (Phi) is 4.52. The van der Waals surface area contributed by atoms with Crippen molar-refractivity contribution < 1.29 is 4.74 Å². The van der Waals surface area contributed by atoms with E-state index < -0.39 is 0 Å². The Hall–Kier alpha value is -1.72. The Labute approximate surface area is 123 Å². The van der Waals surface area contributed by atoms with Crippen LogP contribution in [0.3, 0.4) is 0 Å². The van der Waals surface area contributed by atoms with Crippen LogP contribution in [0.25, 0.3) is 0 Å². The van der Waals surface area contributed by atoms with E-state index in [1.165, 1.54) is 0 Å². The number of nitrogens with one attached hydrogen (secondary N) is 1. The molecule has 0 bridgehead atoms. The zero-order valence-corrected chi connectivity index (χ0v) is 12.6. The number of hydrogen-bond acceptors (Lipinski definition) is 4. The van der Waals surface area contributed by atoms with Crippen molar-refractivity contribution in [2.24, 2.45) is 12.8 Å². The highest BCUT2D eigenvalue weighted by Crippen LogP contribution is 2.30. The van der Waals surface area contributed by atoms with E-state index in [9.17, 15) is 0 Å². The molecule has 1 heterocycles. The van der Waals surface area contributed by atoms with Crippen LogP contribution in [0.4, 0.5) is 5.69 Å². The molecule has 2 aromatic rings. The molecule has 1 unspecified atom stereocenters. The summed E-state index contributed by atoms with van der Waals surface area (Å²) in [5.74, 6) is 0.722. The molecule has 108 valence electrons. The van der Waals surface area contributed by atoms with Crippen LogP contribution in [0.5, 0.6) is 5.88 Å². The van der Waals surface area contributed by atoms with E-state index in [1.54, 1.807) is 11.8 Å². The van der Waals surface area contributed by atoms with E-state index in [0.29, 0.717) is 11.6 Å². The smallest absolute Gasteiger partial charge is 0.216 e. The van der Waals surface area contributed by atoms with Crippen LogP contribution in [0, 0.1) is 6.92 Å². The van der Waals surface area contributed by atoms with Gasteiger partial charge in [-0.05, 0) is 31.2 Å². The predicted octanol–water partition coefficient (Wildman–Crippen LogP) is 2.50. The molecule has 0 aliphatic heterocycles. The fourth-order valence-corrected chi connectivity index (χ4v) is 2.42. The van der Waals surface area contributed by atoms with Gasteiger partial charge in [-0.2, -0.15) is 5.10 Å². The number of ether oxygens (including phenoxy) is 1. The summed E-state index contributed by atoms with van der Waals surface area (Å²) in [4.78, 5) is 0. The lowest BCUT2D eigenvalue weighted by molar-refractivity contribution is 0.367. The van der Waals surface area contributed by atoms with Crippen LogP contribution in [0.15, 0.2) is 24.3 Å². The molecule has 2 rings (SSSR count). The maximum atomic E-state index is 5.90. The van der Waals surface area contributed by atoms with E-state index >= 15 is 0 Å². The molecule has 1 atom stereocenters. The van der Waals surface area contributed by atoms with Crippen LogP contribution in [0.1, 0.15) is 17.3 Å². The predicted molar refractivity (Wildman–Crippen MR) is 81.4 cm³/mol. The fourth-order valence-electron chi connectivity index (χ4n) is 2.29. The topological polar surface area (TPSA) is 65.1 Å². The number of benzene rings is 1. The van der Waals surface area contributed by atoms with Crippen molar-refractivity contribution in [3.05, 3.63) is 40.5 Å². The van der Waals surface area contributed by atoms with E-state index in [2.05, 4.69) is 10.4 Å². The molecule has 1 aromatic heterocycles. The van der Waals surface area contributed by atoms with Gasteiger partial charge in [-0.15, -0.1) is 0 Å². The summed E-state index contributed by atoms with van der Waals surface area (Å²) < 4.78 is 7.14. The normalized spacial score (nSPS) is 12.2. The van der Waals surface area contributed by atoms with Gasteiger partial charge in [0.05, 0.1) is 24.4 Å². The second-order valence-corrected chi connectivity index (χ2v) is 5.01. The third-order valence-electron chi connectivity index (χ3n) is 3.18. The summed E-state index contributed by atoms with van der Waals surface area (Å²) in [5, 5.41) is 8.47. The summed E-state index contributed by atoms with van der Waals surface area (Å²) in [6.45, 7) is 2.38. The number of hydrogen-bond donors (Lipinski definition) is 2. The molecule has 0 saturated heterocycles. The van der Waals surface area contributed by atoms with Gasteiger partial charge in [0.25, 0.3) is 0 Å². The SMILES string of the molecule is COc1c(C(CN)Nc2ccc(Cl)cc2)c(C)nn1C. The lowest BCUT2D eigenvalue weighted by Crippen LogP contribution is -2.21. The van der Waals surface area contributed by atoms with E-state index in [1.807, 2.05) is 38.2 Å². The van der Waals surface area contributed by atoms with Gasteiger partial charge in [-0.25, -0.2) is 4.68 Å². The Bertz CT molecular complexity index is 580. The van der Waals surface area contributed by atoms with Crippen molar-refractivity contribution in [2.45, 2.75) is 13.0 Å². The number of aromatic nitrogens is 2. The van der Waals surface area contributed by atoms with Crippen molar-refractivity contribution in [1.82, 2.24) is 9.78 Å². The number of halogens is 1. The molecule has 0 radical (unpaired) electrons. The quantitative estimate of drug-likeness (QED) is 0.889. The monoisotopic (exact) mass is 294 g/mol. The first-order valence-corrected chi connectivity index (χ1v) is 6.74. The number of nitrogens with zero attached hydrogens (tertiary/aromatic N) is 2. The lowest BCUT2D eigenvalue weighted by Gasteiger charge is -2.19. The third kappa shape index (κ3) is 2.89. The molecule has 20 heavy (non-hydrogen) atoms. The molecule has 0 saturated carbocycles. The maximum absolute atomic E-state index is 5.90. The molecule has 1 aromatic carbocycles. The average Bonchev–Trinajstić information content (AvgIpc) is 2.72. The molecule has 3 N–H and O–H groups in total. The molecule has 5 nitrogen and oxygen atoms in total. The van der Waals surface area contributed by atoms with Crippen LogP contribution < -0.4 is 15.8 Å². The van der Waals surface area contributed by atoms with Gasteiger partial charge < -0.3 is 15.8 Å². The number of nitrogens with two attached hydrogens (primary N) is 1. The first-order valence-electron chi connectivity index (χ1n) is 6.36. The van der Waals surface area contributed by atoms with Crippen molar-refractivity contribution in [2.75, 3.05) is 19.0 Å². The number of rotatable bonds is 5. The molecule has 0 aliphatic carbocycles. The minimum Gasteiger partial charge on any atom is -0.481 e. The highest BCUT2D eigenvalue weighted by Gasteiger charge is 2.22. The highest BCUT2D eigenvalue weighted by molar-refractivity contribution is 6.30. The highest BCUT2D eigenvalue weighted by atomic mass is 35.5. The van der Waals surface area contributed by atoms with Crippen molar-refractivity contribution in [3.63, 3.8) is 0 Å². The minimum atomic E-state index is -0.0696. The van der Waals surface area contributed by atoms with Crippen LogP contribution in [0.2, 0.25) is 5.02 Å². The Balaban J connectivity index is 2.30. The summed E-state index contributed by atoms with van der Waals surface area (Å²) >= 11 is 5.89. The van der Waals surface area contributed by atoms with E-state index in [0.717, 1.165) is 22.8 Å². The van der Waals surface area contributed by atoms with Crippen LogP contribution >= 0.6 is 11.6 Å². The Morgan fingerprint density at radius 2 is 2.05 bits per heavy atom. The summed E-state index contributed by atoms with van der Waals surface area (Å²) in [7, 11) is 3.49. The molecule has 0 amide bonds. The van der Waals surface area contributed by atoms with Crippen LogP contribution in [-0.4, -0.2) is 23.4 Å². The zero-order chi connectivity index (χ0) is 14.7. The third-order valence-corrected chi connectivity index (χ3v) is 3.43. The van der Waals surface area contributed by atoms with E-state index in [-0.39, 0.29) is 6.04 Å². The van der Waals surface area contributed by atoms with Crippen molar-refractivity contribution >= 4 is 17.3 Å². The maximum Gasteiger partial charge on any atom is 0.216 e. The first kappa shape index (κ1) is 14.7. The summed E-state index contributed by atoms with van der Waals surface area (Å²) in [5.41, 5.74) is 8.74. The van der Waals surface area contributed by atoms with Crippen LogP contribution in [-0.2, 0) is 7.05 Å². The standard InChI is InChI=1S/C14H19ClN4O/c1-9-13(14(20-3)19(2)18-9)12(8-16)17-11-6-4-10(15)5-7-11/h4-7,12,17H,8,16H2,1-3H3. The molecule has 0 spiro atoms. The van der Waals surface area contributed by atoms with Gasteiger partial charge in [0.2, 0.25) is 5.88 Å². The van der Waals surface area contributed by atoms with Gasteiger partial charge in [-0.1, -0.05) is 11.6 Å². The largest absolute Gasteiger partial charge is 0.481 e. The van der Waals surface area contributed by atoms with Gasteiger partial charge >= 0.3 is 0 Å². The molecular weight excluding hydrogens is 276 g/mol.